The number of sulfone groups is 1. The molecule has 1 heterocycles. The lowest BCUT2D eigenvalue weighted by Crippen LogP contribution is -2.11. The average Bonchev–Trinajstić information content (AvgIpc) is 2.78. The van der Waals surface area contributed by atoms with Crippen molar-refractivity contribution in [3.63, 3.8) is 0 Å². The minimum absolute atomic E-state index is 0.00145. The summed E-state index contributed by atoms with van der Waals surface area (Å²) >= 11 is 0. The van der Waals surface area contributed by atoms with Crippen LogP contribution in [0.1, 0.15) is 12.5 Å². The van der Waals surface area contributed by atoms with Crippen molar-refractivity contribution < 1.29 is 22.4 Å². The minimum atomic E-state index is -3.37. The summed E-state index contributed by atoms with van der Waals surface area (Å²) in [6.45, 7) is 1.52. The van der Waals surface area contributed by atoms with Crippen LogP contribution in [0.4, 0.5) is 5.69 Å². The van der Waals surface area contributed by atoms with E-state index in [2.05, 4.69) is 5.32 Å². The van der Waals surface area contributed by atoms with E-state index in [4.69, 9.17) is 9.15 Å². The van der Waals surface area contributed by atoms with Crippen LogP contribution in [0.5, 0.6) is 5.75 Å². The molecule has 168 valence electrons. The molecule has 0 fully saturated rings. The molecule has 0 bridgehead atoms. The highest BCUT2D eigenvalue weighted by Crippen LogP contribution is 2.33. The van der Waals surface area contributed by atoms with E-state index >= 15 is 0 Å². The molecule has 0 aliphatic carbocycles. The molecule has 8 heteroatoms. The van der Waals surface area contributed by atoms with Crippen LogP contribution in [0.2, 0.25) is 0 Å². The molecule has 1 aromatic heterocycles. The fraction of sp³-hybridized carbons (Fsp3) is 0.120. The van der Waals surface area contributed by atoms with Crippen LogP contribution in [0.15, 0.2) is 86.9 Å². The van der Waals surface area contributed by atoms with Crippen LogP contribution in [0, 0.1) is 0 Å². The Kier molecular flexibility index (Phi) is 6.02. The summed E-state index contributed by atoms with van der Waals surface area (Å²) in [5.74, 6) is -0.0731. The third-order valence-corrected chi connectivity index (χ3v) is 6.07. The standard InChI is InChI=1S/C25H21NO6S/c1-16(27)26-19-10-13-22-21(14-19)23(28)25(31-15-17-6-4-3-5-7-17)24(32-22)18-8-11-20(12-9-18)33(2,29)30/h3-14H,15H2,1-2H3,(H,26,27). The number of benzene rings is 3. The molecule has 33 heavy (non-hydrogen) atoms. The first kappa shape index (κ1) is 22.3. The van der Waals surface area contributed by atoms with Crippen LogP contribution in [0.3, 0.4) is 0 Å². The van der Waals surface area contributed by atoms with Gasteiger partial charge in [0.05, 0.1) is 10.3 Å². The zero-order chi connectivity index (χ0) is 23.6. The number of hydrogen-bond donors (Lipinski definition) is 1. The molecule has 0 aliphatic rings. The molecule has 4 aromatic rings. The Hall–Kier alpha value is -3.91. The van der Waals surface area contributed by atoms with Crippen molar-refractivity contribution in [1.82, 2.24) is 0 Å². The van der Waals surface area contributed by atoms with Gasteiger partial charge >= 0.3 is 0 Å². The van der Waals surface area contributed by atoms with E-state index in [0.717, 1.165) is 11.8 Å². The second kappa shape index (κ2) is 8.91. The Labute approximate surface area is 190 Å². The Morgan fingerprint density at radius 1 is 1.00 bits per heavy atom. The molecule has 4 rings (SSSR count). The van der Waals surface area contributed by atoms with Gasteiger partial charge in [-0.3, -0.25) is 9.59 Å². The molecular formula is C25H21NO6S. The van der Waals surface area contributed by atoms with E-state index in [9.17, 15) is 18.0 Å². The summed E-state index contributed by atoms with van der Waals surface area (Å²) < 4.78 is 35.6. The predicted molar refractivity (Wildman–Crippen MR) is 126 cm³/mol. The number of hydrogen-bond acceptors (Lipinski definition) is 6. The van der Waals surface area contributed by atoms with Crippen LogP contribution in [0.25, 0.3) is 22.3 Å². The molecule has 0 atom stereocenters. The van der Waals surface area contributed by atoms with Gasteiger partial charge < -0.3 is 14.5 Å². The number of anilines is 1. The lowest BCUT2D eigenvalue weighted by Gasteiger charge is -2.13. The first-order chi connectivity index (χ1) is 15.7. The molecule has 1 amide bonds. The summed E-state index contributed by atoms with van der Waals surface area (Å²) in [6, 6.07) is 20.2. The van der Waals surface area contributed by atoms with Gasteiger partial charge in [-0.2, -0.15) is 0 Å². The average molecular weight is 464 g/mol. The molecule has 0 saturated carbocycles. The maximum Gasteiger partial charge on any atom is 0.235 e. The molecule has 1 N–H and O–H groups in total. The van der Waals surface area contributed by atoms with Crippen LogP contribution in [-0.2, 0) is 21.2 Å². The number of rotatable bonds is 6. The van der Waals surface area contributed by atoms with Gasteiger partial charge in [-0.25, -0.2) is 8.42 Å². The quantitative estimate of drug-likeness (QED) is 0.455. The number of nitrogens with one attached hydrogen (secondary N) is 1. The van der Waals surface area contributed by atoms with E-state index in [1.54, 1.807) is 24.3 Å². The number of fused-ring (bicyclic) bond motifs is 1. The molecule has 0 aliphatic heterocycles. The molecule has 0 saturated heterocycles. The lowest BCUT2D eigenvalue weighted by atomic mass is 10.1. The van der Waals surface area contributed by atoms with Crippen molar-refractivity contribution >= 4 is 32.4 Å². The Bertz CT molecular complexity index is 1490. The molecule has 0 spiro atoms. The topological polar surface area (TPSA) is 103 Å². The van der Waals surface area contributed by atoms with Gasteiger partial charge in [-0.1, -0.05) is 30.3 Å². The van der Waals surface area contributed by atoms with E-state index in [1.165, 1.54) is 25.1 Å². The van der Waals surface area contributed by atoms with Gasteiger partial charge in [0, 0.05) is 24.4 Å². The van der Waals surface area contributed by atoms with Crippen LogP contribution in [-0.4, -0.2) is 20.6 Å². The summed E-state index contributed by atoms with van der Waals surface area (Å²) in [7, 11) is -3.37. The number of ether oxygens (including phenoxy) is 1. The van der Waals surface area contributed by atoms with E-state index < -0.39 is 15.3 Å². The summed E-state index contributed by atoms with van der Waals surface area (Å²) in [5, 5.41) is 2.90. The van der Waals surface area contributed by atoms with Crippen LogP contribution >= 0.6 is 0 Å². The number of amides is 1. The third-order valence-electron chi connectivity index (χ3n) is 4.94. The van der Waals surface area contributed by atoms with Crippen molar-refractivity contribution in [1.29, 1.82) is 0 Å². The van der Waals surface area contributed by atoms with Crippen molar-refractivity contribution in [3.8, 4) is 17.1 Å². The minimum Gasteiger partial charge on any atom is -0.481 e. The molecular weight excluding hydrogens is 442 g/mol. The van der Waals surface area contributed by atoms with Crippen LogP contribution < -0.4 is 15.5 Å². The van der Waals surface area contributed by atoms with Crippen molar-refractivity contribution in [2.45, 2.75) is 18.4 Å². The van der Waals surface area contributed by atoms with Gasteiger partial charge in [0.1, 0.15) is 12.2 Å². The Balaban J connectivity index is 1.85. The fourth-order valence-corrected chi connectivity index (χ4v) is 3.99. The van der Waals surface area contributed by atoms with E-state index in [0.29, 0.717) is 16.8 Å². The maximum absolute atomic E-state index is 13.4. The lowest BCUT2D eigenvalue weighted by molar-refractivity contribution is -0.114. The SMILES string of the molecule is CC(=O)Nc1ccc2oc(-c3ccc(S(C)(=O)=O)cc3)c(OCc3ccccc3)c(=O)c2c1. The highest BCUT2D eigenvalue weighted by molar-refractivity contribution is 7.90. The molecule has 0 unspecified atom stereocenters. The fourth-order valence-electron chi connectivity index (χ4n) is 3.36. The molecule has 0 radical (unpaired) electrons. The third kappa shape index (κ3) is 4.96. The maximum atomic E-state index is 13.4. The second-order valence-electron chi connectivity index (χ2n) is 7.55. The summed E-state index contributed by atoms with van der Waals surface area (Å²) in [4.78, 5) is 25.0. The smallest absolute Gasteiger partial charge is 0.235 e. The van der Waals surface area contributed by atoms with Gasteiger partial charge in [0.25, 0.3) is 0 Å². The molecule has 7 nitrogen and oxygen atoms in total. The summed E-state index contributed by atoms with van der Waals surface area (Å²) in [5.41, 5.74) is 1.73. The largest absolute Gasteiger partial charge is 0.481 e. The van der Waals surface area contributed by atoms with Crippen molar-refractivity contribution in [2.24, 2.45) is 0 Å². The Morgan fingerprint density at radius 3 is 2.33 bits per heavy atom. The monoisotopic (exact) mass is 463 g/mol. The van der Waals surface area contributed by atoms with Gasteiger partial charge in [-0.05, 0) is 48.0 Å². The van der Waals surface area contributed by atoms with Gasteiger partial charge in [0.15, 0.2) is 15.6 Å². The predicted octanol–water partition coefficient (Wildman–Crippen LogP) is 4.40. The van der Waals surface area contributed by atoms with E-state index in [-0.39, 0.29) is 34.3 Å². The summed E-state index contributed by atoms with van der Waals surface area (Å²) in [6.07, 6.45) is 1.12. The first-order valence-corrected chi connectivity index (χ1v) is 12.0. The van der Waals surface area contributed by atoms with E-state index in [1.807, 2.05) is 30.3 Å². The molecule has 3 aromatic carbocycles. The number of carbonyl (C=O) groups is 1. The highest BCUT2D eigenvalue weighted by atomic mass is 32.2. The highest BCUT2D eigenvalue weighted by Gasteiger charge is 2.19. The first-order valence-electron chi connectivity index (χ1n) is 10.1. The zero-order valence-electron chi connectivity index (χ0n) is 18.0. The van der Waals surface area contributed by atoms with Crippen molar-refractivity contribution in [3.05, 3.63) is 88.6 Å². The van der Waals surface area contributed by atoms with Crippen molar-refractivity contribution in [2.75, 3.05) is 11.6 Å². The Morgan fingerprint density at radius 2 is 1.70 bits per heavy atom. The van der Waals surface area contributed by atoms with Gasteiger partial charge in [0.2, 0.25) is 17.1 Å². The zero-order valence-corrected chi connectivity index (χ0v) is 18.8. The second-order valence-corrected chi connectivity index (χ2v) is 9.57. The van der Waals surface area contributed by atoms with Gasteiger partial charge in [-0.15, -0.1) is 0 Å². The normalized spacial score (nSPS) is 11.3. The number of carbonyl (C=O) groups excluding carboxylic acids is 1.